The second-order valence-corrected chi connectivity index (χ2v) is 6.36. The van der Waals surface area contributed by atoms with Crippen LogP contribution in [-0.4, -0.2) is 14.2 Å². The third-order valence-electron chi connectivity index (χ3n) is 4.66. The van der Waals surface area contributed by atoms with Crippen molar-refractivity contribution >= 4 is 22.6 Å². The Morgan fingerprint density at radius 3 is 1.32 bits per heavy atom. The van der Waals surface area contributed by atoms with E-state index in [2.05, 4.69) is 0 Å². The number of hydrogen-bond acceptors (Lipinski definition) is 6. The molecule has 0 saturated carbocycles. The molecule has 0 unspecified atom stereocenters. The minimum Gasteiger partial charge on any atom is -0.497 e. The molecule has 0 atom stereocenters. The third kappa shape index (κ3) is 4.48. The summed E-state index contributed by atoms with van der Waals surface area (Å²) in [5.74, 6) is 1.50. The van der Waals surface area contributed by atoms with Crippen LogP contribution in [0.4, 0.5) is 17.1 Å². The number of nitrogens with zero attached hydrogens (tertiary/aromatic N) is 4. The van der Waals surface area contributed by atoms with Crippen molar-refractivity contribution in [2.75, 3.05) is 19.1 Å². The van der Waals surface area contributed by atoms with Crippen LogP contribution in [-0.2, 0) is 0 Å². The van der Waals surface area contributed by atoms with Gasteiger partial charge in [0, 0.05) is 17.1 Å². The Morgan fingerprint density at radius 2 is 1.00 bits per heavy atom. The van der Waals surface area contributed by atoms with Crippen molar-refractivity contribution in [3.63, 3.8) is 0 Å². The summed E-state index contributed by atoms with van der Waals surface area (Å²) in [7, 11) is 3.23. The summed E-state index contributed by atoms with van der Waals surface area (Å²) in [5.41, 5.74) is 3.00. The van der Waals surface area contributed by atoms with Gasteiger partial charge in [0.15, 0.2) is 0 Å². The predicted molar refractivity (Wildman–Crippen MR) is 118 cm³/mol. The van der Waals surface area contributed by atoms with Crippen LogP contribution in [0.25, 0.3) is 5.57 Å². The van der Waals surface area contributed by atoms with E-state index in [-0.39, 0.29) is 11.1 Å². The summed E-state index contributed by atoms with van der Waals surface area (Å²) in [5, 5.41) is 27.6. The van der Waals surface area contributed by atoms with Crippen LogP contribution in [0, 0.1) is 34.0 Å². The first-order valence-corrected chi connectivity index (χ1v) is 9.28. The highest BCUT2D eigenvalue weighted by Crippen LogP contribution is 2.36. The maximum absolute atomic E-state index is 9.40. The van der Waals surface area contributed by atoms with E-state index >= 15 is 0 Å². The zero-order valence-corrected chi connectivity index (χ0v) is 17.0. The van der Waals surface area contributed by atoms with Gasteiger partial charge >= 0.3 is 0 Å². The van der Waals surface area contributed by atoms with Crippen LogP contribution in [0.3, 0.4) is 0 Å². The smallest absolute Gasteiger partial charge is 0.148 e. The molecule has 0 spiro atoms. The molecule has 0 aliphatic rings. The normalized spacial score (nSPS) is 9.52. The van der Waals surface area contributed by atoms with Gasteiger partial charge in [-0.3, -0.25) is 0 Å². The lowest BCUT2D eigenvalue weighted by atomic mass is 10.0. The number of rotatable bonds is 6. The Balaban J connectivity index is 2.09. The Kier molecular flexibility index (Phi) is 6.54. The minimum absolute atomic E-state index is 0.0528. The number of anilines is 3. The first kappa shape index (κ1) is 21.0. The summed E-state index contributed by atoms with van der Waals surface area (Å²) in [6.07, 6.45) is 0. The van der Waals surface area contributed by atoms with Crippen LogP contribution in [0.15, 0.2) is 78.4 Å². The van der Waals surface area contributed by atoms with E-state index in [9.17, 15) is 5.26 Å². The zero-order chi connectivity index (χ0) is 22.2. The van der Waals surface area contributed by atoms with Crippen molar-refractivity contribution in [3.05, 3.63) is 83.9 Å². The zero-order valence-electron chi connectivity index (χ0n) is 17.0. The fraction of sp³-hybridized carbons (Fsp3) is 0.0800. The van der Waals surface area contributed by atoms with Crippen molar-refractivity contribution in [1.82, 2.24) is 0 Å². The number of hydrogen-bond donors (Lipinski definition) is 0. The van der Waals surface area contributed by atoms with Crippen LogP contribution in [0.5, 0.6) is 11.5 Å². The Bertz CT molecular complexity index is 1140. The van der Waals surface area contributed by atoms with Gasteiger partial charge in [-0.25, -0.2) is 0 Å². The van der Waals surface area contributed by atoms with Crippen molar-refractivity contribution in [1.29, 1.82) is 15.8 Å². The van der Waals surface area contributed by atoms with Crippen molar-refractivity contribution in [3.8, 4) is 29.7 Å². The van der Waals surface area contributed by atoms with E-state index in [0.29, 0.717) is 5.56 Å². The van der Waals surface area contributed by atoms with Crippen LogP contribution >= 0.6 is 0 Å². The van der Waals surface area contributed by atoms with Gasteiger partial charge in [-0.15, -0.1) is 0 Å². The molecule has 0 bridgehead atoms. The van der Waals surface area contributed by atoms with Crippen molar-refractivity contribution in [2.45, 2.75) is 0 Å². The van der Waals surface area contributed by atoms with Crippen molar-refractivity contribution in [2.24, 2.45) is 0 Å². The molecule has 31 heavy (non-hydrogen) atoms. The molecule has 0 radical (unpaired) electrons. The quantitative estimate of drug-likeness (QED) is 0.502. The van der Waals surface area contributed by atoms with Gasteiger partial charge in [0.1, 0.15) is 35.3 Å². The van der Waals surface area contributed by atoms with E-state index in [0.717, 1.165) is 28.6 Å². The summed E-state index contributed by atoms with van der Waals surface area (Å²) in [4.78, 5) is 2.04. The molecule has 3 aromatic rings. The largest absolute Gasteiger partial charge is 0.497 e. The van der Waals surface area contributed by atoms with Gasteiger partial charge in [-0.2, -0.15) is 15.8 Å². The SMILES string of the molecule is COc1ccc(N(c2ccc(OC)cc2)c2ccc(C(C#N)=C(C#N)C#N)cc2)cc1. The highest BCUT2D eigenvalue weighted by molar-refractivity contribution is 5.85. The monoisotopic (exact) mass is 406 g/mol. The fourth-order valence-corrected chi connectivity index (χ4v) is 3.09. The molecule has 0 amide bonds. The molecule has 0 aliphatic heterocycles. The van der Waals surface area contributed by atoms with Crippen LogP contribution < -0.4 is 14.4 Å². The standard InChI is InChI=1S/C25H18N4O2/c1-30-23-11-7-21(8-12-23)29(22-9-13-24(31-2)14-10-22)20-5-3-18(4-6-20)25(17-28)19(15-26)16-27/h3-14H,1-2H3. The molecule has 150 valence electrons. The van der Waals surface area contributed by atoms with E-state index in [1.165, 1.54) is 0 Å². The average Bonchev–Trinajstić information content (AvgIpc) is 2.84. The Hall–Kier alpha value is -4.73. The lowest BCUT2D eigenvalue weighted by molar-refractivity contribution is 0.415. The molecule has 0 saturated heterocycles. The molecule has 3 rings (SSSR count). The maximum atomic E-state index is 9.40. The van der Waals surface area contributed by atoms with E-state index in [4.69, 9.17) is 20.0 Å². The summed E-state index contributed by atoms with van der Waals surface area (Å²) >= 11 is 0. The summed E-state index contributed by atoms with van der Waals surface area (Å²) < 4.78 is 10.5. The minimum atomic E-state index is -0.211. The highest BCUT2D eigenvalue weighted by Gasteiger charge is 2.14. The van der Waals surface area contributed by atoms with Gasteiger partial charge in [-0.1, -0.05) is 12.1 Å². The molecule has 6 nitrogen and oxygen atoms in total. The molecular weight excluding hydrogens is 388 g/mol. The van der Waals surface area contributed by atoms with Gasteiger partial charge in [-0.05, 0) is 66.2 Å². The number of nitriles is 3. The molecular formula is C25H18N4O2. The topological polar surface area (TPSA) is 93.1 Å². The number of allylic oxidation sites excluding steroid dienone is 2. The molecule has 6 heteroatoms. The van der Waals surface area contributed by atoms with Gasteiger partial charge < -0.3 is 14.4 Å². The average molecular weight is 406 g/mol. The fourth-order valence-electron chi connectivity index (χ4n) is 3.09. The van der Waals surface area contributed by atoms with Crippen LogP contribution in [0.2, 0.25) is 0 Å². The molecule has 0 N–H and O–H groups in total. The second kappa shape index (κ2) is 9.65. The Labute approximate surface area is 181 Å². The maximum Gasteiger partial charge on any atom is 0.148 e. The second-order valence-electron chi connectivity index (χ2n) is 6.36. The molecule has 0 heterocycles. The van der Waals surface area contributed by atoms with Gasteiger partial charge in [0.2, 0.25) is 0 Å². The van der Waals surface area contributed by atoms with E-state index in [1.54, 1.807) is 38.5 Å². The molecule has 0 fully saturated rings. The lowest BCUT2D eigenvalue weighted by Crippen LogP contribution is -2.10. The first-order chi connectivity index (χ1) is 15.1. The summed E-state index contributed by atoms with van der Waals surface area (Å²) in [6, 6.07) is 27.9. The number of methoxy groups -OCH3 is 2. The van der Waals surface area contributed by atoms with Crippen molar-refractivity contribution < 1.29 is 9.47 Å². The van der Waals surface area contributed by atoms with E-state index < -0.39 is 0 Å². The molecule has 0 aromatic heterocycles. The third-order valence-corrected chi connectivity index (χ3v) is 4.66. The molecule has 0 aliphatic carbocycles. The van der Waals surface area contributed by atoms with Crippen LogP contribution in [0.1, 0.15) is 5.56 Å². The number of benzene rings is 3. The number of ether oxygens (including phenoxy) is 2. The lowest BCUT2D eigenvalue weighted by Gasteiger charge is -2.26. The van der Waals surface area contributed by atoms with Gasteiger partial charge in [0.25, 0.3) is 0 Å². The van der Waals surface area contributed by atoms with Gasteiger partial charge in [0.05, 0.1) is 19.8 Å². The Morgan fingerprint density at radius 1 is 0.613 bits per heavy atom. The summed E-state index contributed by atoms with van der Waals surface area (Å²) in [6.45, 7) is 0. The van der Waals surface area contributed by atoms with E-state index in [1.807, 2.05) is 71.6 Å². The predicted octanol–water partition coefficient (Wildman–Crippen LogP) is 5.50. The first-order valence-electron chi connectivity index (χ1n) is 9.28. The molecule has 3 aromatic carbocycles. The highest BCUT2D eigenvalue weighted by atomic mass is 16.5.